The number of benzene rings is 1. The van der Waals surface area contributed by atoms with Crippen molar-refractivity contribution in [2.45, 2.75) is 33.1 Å². The van der Waals surface area contributed by atoms with E-state index in [1.165, 1.54) is 0 Å². The molecule has 20 heavy (non-hydrogen) atoms. The maximum Gasteiger partial charge on any atom is 0.310 e. The molecule has 1 N–H and O–H groups in total. The molecule has 1 heterocycles. The summed E-state index contributed by atoms with van der Waals surface area (Å²) in [5.74, 6) is 0.0454. The Bertz CT molecular complexity index is 574. The van der Waals surface area contributed by atoms with Gasteiger partial charge >= 0.3 is 5.97 Å². The predicted molar refractivity (Wildman–Crippen MR) is 74.1 cm³/mol. The number of carboxylic acid groups (broad SMARTS) is 1. The lowest BCUT2D eigenvalue weighted by atomic mass is 9.79. The zero-order valence-electron chi connectivity index (χ0n) is 11.7. The number of carbonyl (C=O) groups is 1. The van der Waals surface area contributed by atoms with Crippen LogP contribution in [0.4, 0.5) is 0 Å². The van der Waals surface area contributed by atoms with Crippen molar-refractivity contribution < 1.29 is 14.4 Å². The summed E-state index contributed by atoms with van der Waals surface area (Å²) in [4.78, 5) is 15.8. The van der Waals surface area contributed by atoms with Gasteiger partial charge in [0.1, 0.15) is 0 Å². The molecule has 0 spiro atoms. The van der Waals surface area contributed by atoms with Crippen LogP contribution in [-0.2, 0) is 11.2 Å². The Morgan fingerprint density at radius 1 is 1.25 bits per heavy atom. The minimum atomic E-state index is -0.833. The Hall–Kier alpha value is -2.17. The van der Waals surface area contributed by atoms with Crippen LogP contribution in [0.2, 0.25) is 0 Å². The Kier molecular flexibility index (Phi) is 4.17. The number of aliphatic carboxylic acids is 1. The molecule has 0 amide bonds. The van der Waals surface area contributed by atoms with Crippen LogP contribution in [0.1, 0.15) is 32.6 Å². The van der Waals surface area contributed by atoms with E-state index >= 15 is 0 Å². The van der Waals surface area contributed by atoms with E-state index in [4.69, 9.17) is 4.52 Å². The molecule has 2 aromatic rings. The highest BCUT2D eigenvalue weighted by atomic mass is 16.5. The van der Waals surface area contributed by atoms with Crippen molar-refractivity contribution in [1.29, 1.82) is 0 Å². The summed E-state index contributed by atoms with van der Waals surface area (Å²) in [6.45, 7) is 3.73. The summed E-state index contributed by atoms with van der Waals surface area (Å²) in [6, 6.07) is 9.47. The zero-order chi connectivity index (χ0) is 14.6. The Morgan fingerprint density at radius 2 is 1.90 bits per heavy atom. The normalized spacial score (nSPS) is 11.5. The third-order valence-electron chi connectivity index (χ3n) is 3.80. The molecule has 106 valence electrons. The van der Waals surface area contributed by atoms with Crippen LogP contribution in [0.3, 0.4) is 0 Å². The molecule has 2 rings (SSSR count). The minimum absolute atomic E-state index is 0.259. The SMILES string of the molecule is CCC(CC)(Cc1nc(-c2ccccc2)no1)C(=O)O. The first kappa shape index (κ1) is 14.2. The first-order chi connectivity index (χ1) is 9.61. The molecule has 1 aromatic heterocycles. The second-order valence-corrected chi connectivity index (χ2v) is 4.85. The van der Waals surface area contributed by atoms with Crippen molar-refractivity contribution in [2.75, 3.05) is 0 Å². The molecule has 5 heteroatoms. The van der Waals surface area contributed by atoms with Gasteiger partial charge in [0.2, 0.25) is 11.7 Å². The molecule has 0 saturated carbocycles. The lowest BCUT2D eigenvalue weighted by molar-refractivity contribution is -0.149. The Balaban J connectivity index is 2.23. The third-order valence-corrected chi connectivity index (χ3v) is 3.80. The molecule has 0 bridgehead atoms. The first-order valence-electron chi connectivity index (χ1n) is 6.72. The molecular weight excluding hydrogens is 256 g/mol. The highest BCUT2D eigenvalue weighted by Gasteiger charge is 2.37. The van der Waals surface area contributed by atoms with Gasteiger partial charge in [-0.2, -0.15) is 4.98 Å². The van der Waals surface area contributed by atoms with E-state index < -0.39 is 11.4 Å². The van der Waals surface area contributed by atoms with Gasteiger partial charge in [-0.25, -0.2) is 0 Å². The third kappa shape index (κ3) is 2.71. The van der Waals surface area contributed by atoms with Crippen molar-refractivity contribution in [2.24, 2.45) is 5.41 Å². The summed E-state index contributed by atoms with van der Waals surface area (Å²) < 4.78 is 5.20. The zero-order valence-corrected chi connectivity index (χ0v) is 11.7. The number of nitrogens with zero attached hydrogens (tertiary/aromatic N) is 2. The van der Waals surface area contributed by atoms with E-state index in [0.717, 1.165) is 5.56 Å². The molecule has 0 fully saturated rings. The lowest BCUT2D eigenvalue weighted by Crippen LogP contribution is -2.32. The smallest absolute Gasteiger partial charge is 0.310 e. The van der Waals surface area contributed by atoms with Gasteiger partial charge in [0, 0.05) is 12.0 Å². The topological polar surface area (TPSA) is 76.2 Å². The molecule has 0 aliphatic heterocycles. The van der Waals surface area contributed by atoms with E-state index in [0.29, 0.717) is 24.6 Å². The van der Waals surface area contributed by atoms with Crippen LogP contribution in [0.15, 0.2) is 34.9 Å². The number of hydrogen-bond acceptors (Lipinski definition) is 4. The summed E-state index contributed by atoms with van der Waals surface area (Å²) in [6.07, 6.45) is 1.32. The van der Waals surface area contributed by atoms with Gasteiger partial charge in [-0.1, -0.05) is 49.3 Å². The summed E-state index contributed by atoms with van der Waals surface area (Å²) in [7, 11) is 0. The highest BCUT2D eigenvalue weighted by Crippen LogP contribution is 2.31. The average molecular weight is 274 g/mol. The molecule has 0 aliphatic carbocycles. The maximum absolute atomic E-state index is 11.5. The van der Waals surface area contributed by atoms with Crippen LogP contribution >= 0.6 is 0 Å². The molecule has 0 radical (unpaired) electrons. The molecular formula is C15H18N2O3. The quantitative estimate of drug-likeness (QED) is 0.875. The summed E-state index contributed by atoms with van der Waals surface area (Å²) >= 11 is 0. The number of carboxylic acids is 1. The van der Waals surface area contributed by atoms with E-state index in [2.05, 4.69) is 10.1 Å². The van der Waals surface area contributed by atoms with Crippen LogP contribution in [0.5, 0.6) is 0 Å². The Morgan fingerprint density at radius 3 is 2.45 bits per heavy atom. The van der Waals surface area contributed by atoms with Crippen LogP contribution in [0, 0.1) is 5.41 Å². The van der Waals surface area contributed by atoms with Crippen LogP contribution in [-0.4, -0.2) is 21.2 Å². The lowest BCUT2D eigenvalue weighted by Gasteiger charge is -2.24. The van der Waals surface area contributed by atoms with E-state index in [9.17, 15) is 9.90 Å². The Labute approximate surface area is 117 Å². The molecule has 0 atom stereocenters. The average Bonchev–Trinajstić information content (AvgIpc) is 2.94. The fourth-order valence-electron chi connectivity index (χ4n) is 2.20. The fourth-order valence-corrected chi connectivity index (χ4v) is 2.20. The van der Waals surface area contributed by atoms with Gasteiger partial charge in [-0.3, -0.25) is 4.79 Å². The van der Waals surface area contributed by atoms with Gasteiger partial charge in [0.15, 0.2) is 0 Å². The largest absolute Gasteiger partial charge is 0.481 e. The molecule has 0 unspecified atom stereocenters. The van der Waals surface area contributed by atoms with E-state index in [1.807, 2.05) is 44.2 Å². The fraction of sp³-hybridized carbons (Fsp3) is 0.400. The molecule has 5 nitrogen and oxygen atoms in total. The monoisotopic (exact) mass is 274 g/mol. The van der Waals surface area contributed by atoms with Gasteiger partial charge in [0.05, 0.1) is 5.41 Å². The van der Waals surface area contributed by atoms with Crippen molar-refractivity contribution in [3.8, 4) is 11.4 Å². The van der Waals surface area contributed by atoms with Crippen LogP contribution in [0.25, 0.3) is 11.4 Å². The van der Waals surface area contributed by atoms with Crippen molar-refractivity contribution in [1.82, 2.24) is 10.1 Å². The van der Waals surface area contributed by atoms with Crippen molar-refractivity contribution in [3.63, 3.8) is 0 Å². The van der Waals surface area contributed by atoms with Crippen LogP contribution < -0.4 is 0 Å². The summed E-state index contributed by atoms with van der Waals surface area (Å²) in [5.41, 5.74) is 0.0250. The molecule has 0 aliphatic rings. The predicted octanol–water partition coefficient (Wildman–Crippen LogP) is 3.17. The standard InChI is InChI=1S/C15H18N2O3/c1-3-15(4-2,14(18)19)10-12-16-13(17-20-12)11-8-6-5-7-9-11/h5-9H,3-4,10H2,1-2H3,(H,18,19). The molecule has 0 saturated heterocycles. The first-order valence-corrected chi connectivity index (χ1v) is 6.72. The number of rotatable bonds is 6. The molecule has 1 aromatic carbocycles. The number of aromatic nitrogens is 2. The second kappa shape index (κ2) is 5.86. The highest BCUT2D eigenvalue weighted by molar-refractivity contribution is 5.74. The van der Waals surface area contributed by atoms with Crippen molar-refractivity contribution in [3.05, 3.63) is 36.2 Å². The summed E-state index contributed by atoms with van der Waals surface area (Å²) in [5, 5.41) is 13.3. The van der Waals surface area contributed by atoms with E-state index in [-0.39, 0.29) is 6.42 Å². The van der Waals surface area contributed by atoms with Gasteiger partial charge < -0.3 is 9.63 Å². The maximum atomic E-state index is 11.5. The number of hydrogen-bond donors (Lipinski definition) is 1. The minimum Gasteiger partial charge on any atom is -0.481 e. The van der Waals surface area contributed by atoms with Crippen molar-refractivity contribution >= 4 is 5.97 Å². The second-order valence-electron chi connectivity index (χ2n) is 4.85. The van der Waals surface area contributed by atoms with Gasteiger partial charge in [-0.05, 0) is 12.8 Å². The van der Waals surface area contributed by atoms with Gasteiger partial charge in [0.25, 0.3) is 0 Å². The van der Waals surface area contributed by atoms with Gasteiger partial charge in [-0.15, -0.1) is 0 Å². The van der Waals surface area contributed by atoms with E-state index in [1.54, 1.807) is 0 Å².